The molecule has 0 radical (unpaired) electrons. The molecule has 1 aliphatic rings. The van der Waals surface area contributed by atoms with Crippen molar-refractivity contribution in [3.8, 4) is 0 Å². The maximum atomic E-state index is 13.0. The van der Waals surface area contributed by atoms with E-state index in [2.05, 4.69) is 34.3 Å². The first-order valence-electron chi connectivity index (χ1n) is 10.9. The zero-order valence-corrected chi connectivity index (χ0v) is 17.9. The van der Waals surface area contributed by atoms with Crippen molar-refractivity contribution in [1.29, 1.82) is 10.8 Å². The van der Waals surface area contributed by atoms with E-state index in [4.69, 9.17) is 10.8 Å². The summed E-state index contributed by atoms with van der Waals surface area (Å²) in [7, 11) is 0. The highest BCUT2D eigenvalue weighted by atomic mass is 19.1. The van der Waals surface area contributed by atoms with Gasteiger partial charge in [0.1, 0.15) is 5.82 Å². The highest BCUT2D eigenvalue weighted by Gasteiger charge is 2.23. The molecule has 6 nitrogen and oxygen atoms in total. The van der Waals surface area contributed by atoms with Gasteiger partial charge in [-0.25, -0.2) is 9.18 Å². The first-order chi connectivity index (χ1) is 15.6. The van der Waals surface area contributed by atoms with Gasteiger partial charge in [0.25, 0.3) is 0 Å². The van der Waals surface area contributed by atoms with E-state index in [0.29, 0.717) is 12.5 Å². The molecular weight excluding hydrogens is 405 g/mol. The number of hydrogen-bond acceptors (Lipinski definition) is 3. The van der Waals surface area contributed by atoms with Crippen LogP contribution in [0.1, 0.15) is 29.9 Å². The molecule has 32 heavy (non-hydrogen) atoms. The van der Waals surface area contributed by atoms with Gasteiger partial charge in [0.2, 0.25) is 0 Å². The van der Waals surface area contributed by atoms with Gasteiger partial charge in [-0.1, -0.05) is 18.2 Å². The summed E-state index contributed by atoms with van der Waals surface area (Å²) in [5, 5.41) is 19.0. The number of nitrogens with one attached hydrogen (secondary N) is 3. The van der Waals surface area contributed by atoms with Crippen molar-refractivity contribution in [2.75, 3.05) is 13.1 Å². The van der Waals surface area contributed by atoms with E-state index in [-0.39, 0.29) is 17.8 Å². The van der Waals surface area contributed by atoms with Crippen molar-refractivity contribution in [2.45, 2.75) is 31.8 Å². The van der Waals surface area contributed by atoms with Crippen LogP contribution in [0.25, 0.3) is 10.9 Å². The van der Waals surface area contributed by atoms with Crippen molar-refractivity contribution >= 4 is 29.4 Å². The third-order valence-electron chi connectivity index (χ3n) is 6.25. The lowest BCUT2D eigenvalue weighted by atomic mass is 9.96. The monoisotopic (exact) mass is 433 g/mol. The Morgan fingerprint density at radius 2 is 1.81 bits per heavy atom. The number of hydrogen-bond donors (Lipinski definition) is 3. The molecule has 2 heterocycles. The summed E-state index contributed by atoms with van der Waals surface area (Å²) in [6.45, 7) is 2.76. The summed E-state index contributed by atoms with van der Waals surface area (Å²) in [4.78, 5) is 14.3. The van der Waals surface area contributed by atoms with Gasteiger partial charge in [0.05, 0.1) is 5.92 Å². The molecule has 0 unspecified atom stereocenters. The normalized spacial score (nSPS) is 15.5. The molecule has 1 saturated heterocycles. The Bertz CT molecular complexity index is 1090. The second-order valence-corrected chi connectivity index (χ2v) is 8.36. The lowest BCUT2D eigenvalue weighted by molar-refractivity contribution is 0.165. The van der Waals surface area contributed by atoms with Crippen LogP contribution in [-0.4, -0.2) is 41.0 Å². The van der Waals surface area contributed by atoms with Crippen LogP contribution in [0.15, 0.2) is 54.7 Å². The van der Waals surface area contributed by atoms with E-state index in [0.717, 1.165) is 54.5 Å². The van der Waals surface area contributed by atoms with E-state index in [1.54, 1.807) is 12.1 Å². The number of rotatable bonds is 7. The standard InChI is InChI=1S/C25H28FN5O/c26-23-4-1-18(2-5-23)16-29-25(32)30-10-7-19(8-11-30)17-31-12-9-21-13-20(3-6-24(21)31)22(14-27)15-28/h1-6,9,12-15,19,22,27-28H,7-8,10-11,16-17H2,(H,29,32). The Kier molecular flexibility index (Phi) is 6.63. The van der Waals surface area contributed by atoms with Gasteiger partial charge in [0, 0.05) is 50.3 Å². The predicted octanol–water partition coefficient (Wildman–Crippen LogP) is 4.78. The topological polar surface area (TPSA) is 85.0 Å². The number of halogens is 1. The molecule has 0 aliphatic carbocycles. The summed E-state index contributed by atoms with van der Waals surface area (Å²) in [6.07, 6.45) is 6.57. The summed E-state index contributed by atoms with van der Waals surface area (Å²) in [5.74, 6) is -0.0522. The zero-order chi connectivity index (χ0) is 22.5. The molecule has 2 aromatic carbocycles. The molecule has 7 heteroatoms. The Balaban J connectivity index is 1.30. The second-order valence-electron chi connectivity index (χ2n) is 8.36. The van der Waals surface area contributed by atoms with Crippen LogP contribution >= 0.6 is 0 Å². The lowest BCUT2D eigenvalue weighted by Gasteiger charge is -2.32. The average Bonchev–Trinajstić information content (AvgIpc) is 3.22. The van der Waals surface area contributed by atoms with E-state index >= 15 is 0 Å². The smallest absolute Gasteiger partial charge is 0.317 e. The second kappa shape index (κ2) is 9.77. The minimum absolute atomic E-state index is 0.0707. The van der Waals surface area contributed by atoms with Gasteiger partial charge in [-0.15, -0.1) is 0 Å². The SMILES string of the molecule is N=CC(C=N)c1ccc2c(ccn2CC2CCN(C(=O)NCc3ccc(F)cc3)CC2)c1. The van der Waals surface area contributed by atoms with Crippen molar-refractivity contribution in [3.05, 3.63) is 71.7 Å². The fourth-order valence-electron chi connectivity index (χ4n) is 4.31. The van der Waals surface area contributed by atoms with E-state index in [1.165, 1.54) is 24.6 Å². The van der Waals surface area contributed by atoms with Gasteiger partial charge >= 0.3 is 6.03 Å². The summed E-state index contributed by atoms with van der Waals surface area (Å²) < 4.78 is 15.3. The average molecular weight is 434 g/mol. The quantitative estimate of drug-likeness (QED) is 0.460. The summed E-state index contributed by atoms with van der Waals surface area (Å²) in [6, 6.07) is 14.3. The zero-order valence-electron chi connectivity index (χ0n) is 17.9. The van der Waals surface area contributed by atoms with Gasteiger partial charge in [-0.3, -0.25) is 0 Å². The number of amides is 2. The van der Waals surface area contributed by atoms with Crippen molar-refractivity contribution in [3.63, 3.8) is 0 Å². The minimum atomic E-state index is -0.278. The van der Waals surface area contributed by atoms with Crippen molar-refractivity contribution < 1.29 is 9.18 Å². The molecule has 0 bridgehead atoms. The lowest BCUT2D eigenvalue weighted by Crippen LogP contribution is -2.44. The maximum Gasteiger partial charge on any atom is 0.317 e. The Morgan fingerprint density at radius 3 is 2.50 bits per heavy atom. The number of nitrogens with zero attached hydrogens (tertiary/aromatic N) is 2. The molecule has 1 aromatic heterocycles. The van der Waals surface area contributed by atoms with Crippen LogP contribution < -0.4 is 5.32 Å². The Labute approximate surface area is 187 Å². The number of aromatic nitrogens is 1. The molecule has 1 fully saturated rings. The summed E-state index contributed by atoms with van der Waals surface area (Å²) >= 11 is 0. The third kappa shape index (κ3) is 4.88. The third-order valence-corrected chi connectivity index (χ3v) is 6.25. The molecule has 0 spiro atoms. The number of carbonyl (C=O) groups is 1. The number of urea groups is 1. The maximum absolute atomic E-state index is 13.0. The van der Waals surface area contributed by atoms with Crippen LogP contribution in [0, 0.1) is 22.6 Å². The van der Waals surface area contributed by atoms with Gasteiger partial charge in [-0.05, 0) is 65.6 Å². The molecule has 4 rings (SSSR count). The van der Waals surface area contributed by atoms with E-state index < -0.39 is 0 Å². The van der Waals surface area contributed by atoms with Crippen LogP contribution in [0.2, 0.25) is 0 Å². The van der Waals surface area contributed by atoms with Crippen LogP contribution in [0.3, 0.4) is 0 Å². The molecule has 166 valence electrons. The first kappa shape index (κ1) is 21.7. The van der Waals surface area contributed by atoms with Gasteiger partial charge < -0.3 is 25.6 Å². The molecule has 1 aliphatic heterocycles. The van der Waals surface area contributed by atoms with Gasteiger partial charge in [-0.2, -0.15) is 0 Å². The number of benzene rings is 2. The fraction of sp³-hybridized carbons (Fsp3) is 0.320. The molecule has 0 saturated carbocycles. The Hall–Kier alpha value is -3.48. The van der Waals surface area contributed by atoms with Gasteiger partial charge in [0.15, 0.2) is 0 Å². The molecule has 3 aromatic rings. The molecule has 2 amide bonds. The van der Waals surface area contributed by atoms with E-state index in [9.17, 15) is 9.18 Å². The predicted molar refractivity (Wildman–Crippen MR) is 125 cm³/mol. The molecule has 3 N–H and O–H groups in total. The van der Waals surface area contributed by atoms with Crippen LogP contribution in [-0.2, 0) is 13.1 Å². The largest absolute Gasteiger partial charge is 0.347 e. The van der Waals surface area contributed by atoms with Crippen LogP contribution in [0.4, 0.5) is 9.18 Å². The Morgan fingerprint density at radius 1 is 1.09 bits per heavy atom. The van der Waals surface area contributed by atoms with Crippen molar-refractivity contribution in [2.24, 2.45) is 5.92 Å². The van der Waals surface area contributed by atoms with Crippen LogP contribution in [0.5, 0.6) is 0 Å². The minimum Gasteiger partial charge on any atom is -0.347 e. The highest BCUT2D eigenvalue weighted by Crippen LogP contribution is 2.25. The van der Waals surface area contributed by atoms with Crippen molar-refractivity contribution in [1.82, 2.24) is 14.8 Å². The number of carbonyl (C=O) groups excluding carboxylic acids is 1. The number of likely N-dealkylation sites (tertiary alicyclic amines) is 1. The summed E-state index contributed by atoms with van der Waals surface area (Å²) in [5.41, 5.74) is 2.99. The molecule has 0 atom stereocenters. The first-order valence-corrected chi connectivity index (χ1v) is 10.9. The highest BCUT2D eigenvalue weighted by molar-refractivity contribution is 5.90. The molecular formula is C25H28FN5O. The number of fused-ring (bicyclic) bond motifs is 1. The van der Waals surface area contributed by atoms with E-state index in [1.807, 2.05) is 11.0 Å². The number of piperidine rings is 1. The fourth-order valence-corrected chi connectivity index (χ4v) is 4.31.